The molecule has 0 aliphatic rings. The predicted molar refractivity (Wildman–Crippen MR) is 67.9 cm³/mol. The fraction of sp³-hybridized carbons (Fsp3) is 0. The lowest BCUT2D eigenvalue weighted by Crippen LogP contribution is -1.90. The lowest BCUT2D eigenvalue weighted by atomic mass is 10.3. The first-order valence-corrected chi connectivity index (χ1v) is 5.67. The van der Waals surface area contributed by atoms with Crippen LogP contribution in [0.1, 0.15) is 0 Å². The van der Waals surface area contributed by atoms with Crippen LogP contribution in [0.2, 0.25) is 5.02 Å². The normalized spacial score (nSPS) is 10.1. The number of hydrogen-bond acceptors (Lipinski definition) is 3. The van der Waals surface area contributed by atoms with Gasteiger partial charge in [-0.3, -0.25) is 0 Å². The molecule has 1 aromatic heterocycles. The van der Waals surface area contributed by atoms with Crippen molar-refractivity contribution in [2.24, 2.45) is 0 Å². The smallest absolute Gasteiger partial charge is 0.238 e. The number of aromatic nitrogens is 1. The second-order valence-corrected chi connectivity index (χ2v) is 4.44. The van der Waals surface area contributed by atoms with Crippen LogP contribution in [-0.4, -0.2) is 4.98 Å². The number of ether oxygens (including phenoxy) is 1. The third kappa shape index (κ3) is 2.65. The van der Waals surface area contributed by atoms with Crippen molar-refractivity contribution in [2.75, 3.05) is 5.73 Å². The van der Waals surface area contributed by atoms with Crippen LogP contribution >= 0.6 is 27.5 Å². The van der Waals surface area contributed by atoms with E-state index >= 15 is 0 Å². The molecule has 0 saturated carbocycles. The minimum atomic E-state index is 0.357. The van der Waals surface area contributed by atoms with Gasteiger partial charge in [-0.2, -0.15) is 0 Å². The molecule has 0 bridgehead atoms. The summed E-state index contributed by atoms with van der Waals surface area (Å²) in [4.78, 5) is 4.06. The van der Waals surface area contributed by atoms with E-state index in [1.54, 1.807) is 36.5 Å². The minimum Gasteiger partial charge on any atom is -0.437 e. The molecule has 2 N–H and O–H groups in total. The van der Waals surface area contributed by atoms with Gasteiger partial charge in [-0.25, -0.2) is 4.98 Å². The zero-order valence-corrected chi connectivity index (χ0v) is 10.5. The lowest BCUT2D eigenvalue weighted by molar-refractivity contribution is 0.463. The molecule has 0 spiro atoms. The molecule has 0 aliphatic carbocycles. The Balaban J connectivity index is 2.27. The highest BCUT2D eigenvalue weighted by atomic mass is 79.9. The first-order chi connectivity index (χ1) is 7.65. The van der Waals surface area contributed by atoms with Crippen molar-refractivity contribution in [3.63, 3.8) is 0 Å². The Labute approximate surface area is 106 Å². The number of benzene rings is 1. The topological polar surface area (TPSA) is 48.1 Å². The summed E-state index contributed by atoms with van der Waals surface area (Å²) in [7, 11) is 0. The number of nitrogens with zero attached hydrogens (tertiary/aromatic N) is 1. The highest BCUT2D eigenvalue weighted by molar-refractivity contribution is 9.10. The molecule has 1 aromatic carbocycles. The summed E-state index contributed by atoms with van der Waals surface area (Å²) in [6, 6.07) is 8.80. The number of pyridine rings is 1. The molecular formula is C11H8BrClN2O. The monoisotopic (exact) mass is 298 g/mol. The minimum absolute atomic E-state index is 0.357. The Morgan fingerprint density at radius 1 is 1.31 bits per heavy atom. The zero-order valence-electron chi connectivity index (χ0n) is 8.15. The lowest BCUT2D eigenvalue weighted by Gasteiger charge is -2.06. The van der Waals surface area contributed by atoms with E-state index in [-0.39, 0.29) is 0 Å². The van der Waals surface area contributed by atoms with Crippen LogP contribution in [0.3, 0.4) is 0 Å². The number of hydrogen-bond donors (Lipinski definition) is 1. The van der Waals surface area contributed by atoms with Crippen molar-refractivity contribution in [3.05, 3.63) is 46.0 Å². The number of nitrogens with two attached hydrogens (primary N) is 1. The number of nitrogen functional groups attached to an aromatic ring is 1. The van der Waals surface area contributed by atoms with Gasteiger partial charge in [-0.1, -0.05) is 17.7 Å². The molecule has 2 rings (SSSR count). The average Bonchev–Trinajstić information content (AvgIpc) is 2.22. The van der Waals surface area contributed by atoms with E-state index in [1.165, 1.54) is 0 Å². The molecule has 0 fully saturated rings. The quantitative estimate of drug-likeness (QED) is 0.856. The third-order valence-corrected chi connectivity index (χ3v) is 2.55. The van der Waals surface area contributed by atoms with Gasteiger partial charge in [-0.15, -0.1) is 0 Å². The van der Waals surface area contributed by atoms with Crippen LogP contribution < -0.4 is 10.5 Å². The molecule has 5 heteroatoms. The maximum absolute atomic E-state index is 5.97. The molecule has 0 atom stereocenters. The predicted octanol–water partition coefficient (Wildman–Crippen LogP) is 3.87. The Morgan fingerprint density at radius 2 is 2.12 bits per heavy atom. The van der Waals surface area contributed by atoms with Gasteiger partial charge in [0.2, 0.25) is 5.88 Å². The van der Waals surface area contributed by atoms with Crippen LogP contribution in [0.4, 0.5) is 5.69 Å². The van der Waals surface area contributed by atoms with Gasteiger partial charge in [0, 0.05) is 22.4 Å². The molecule has 0 aliphatic heterocycles. The maximum atomic E-state index is 5.97. The van der Waals surface area contributed by atoms with E-state index in [2.05, 4.69) is 20.9 Å². The van der Waals surface area contributed by atoms with E-state index in [1.807, 2.05) is 0 Å². The molecule has 16 heavy (non-hydrogen) atoms. The van der Waals surface area contributed by atoms with Gasteiger partial charge in [0.05, 0.1) is 0 Å². The molecule has 0 unspecified atom stereocenters. The molecule has 0 saturated heterocycles. The molecule has 82 valence electrons. The molecular weight excluding hydrogens is 291 g/mol. The van der Waals surface area contributed by atoms with Crippen molar-refractivity contribution < 1.29 is 4.74 Å². The van der Waals surface area contributed by atoms with Crippen molar-refractivity contribution in [3.8, 4) is 11.6 Å². The summed E-state index contributed by atoms with van der Waals surface area (Å²) in [6.45, 7) is 0. The van der Waals surface area contributed by atoms with Crippen LogP contribution in [0, 0.1) is 0 Å². The van der Waals surface area contributed by atoms with E-state index < -0.39 is 0 Å². The van der Waals surface area contributed by atoms with E-state index in [0.717, 1.165) is 4.47 Å². The van der Waals surface area contributed by atoms with Gasteiger partial charge in [0.1, 0.15) is 10.8 Å². The SMILES string of the molecule is Nc1cccc(Oc2ncc(Br)cc2Cl)c1. The summed E-state index contributed by atoms with van der Waals surface area (Å²) in [5.74, 6) is 0.965. The highest BCUT2D eigenvalue weighted by Gasteiger charge is 2.05. The van der Waals surface area contributed by atoms with Crippen LogP contribution in [0.25, 0.3) is 0 Å². The maximum Gasteiger partial charge on any atom is 0.238 e. The molecule has 2 aromatic rings. The van der Waals surface area contributed by atoms with Crippen molar-refractivity contribution in [1.82, 2.24) is 4.98 Å². The Morgan fingerprint density at radius 3 is 2.81 bits per heavy atom. The average molecular weight is 300 g/mol. The van der Waals surface area contributed by atoms with E-state index in [4.69, 9.17) is 22.1 Å². The van der Waals surface area contributed by atoms with E-state index in [9.17, 15) is 0 Å². The standard InChI is InChI=1S/C11H8BrClN2O/c12-7-4-10(13)11(15-6-7)16-9-3-1-2-8(14)5-9/h1-6H,14H2. The summed E-state index contributed by atoms with van der Waals surface area (Å²) in [6.07, 6.45) is 1.62. The van der Waals surface area contributed by atoms with Crippen LogP contribution in [0.5, 0.6) is 11.6 Å². The molecule has 1 heterocycles. The first kappa shape index (κ1) is 11.2. The highest BCUT2D eigenvalue weighted by Crippen LogP contribution is 2.29. The van der Waals surface area contributed by atoms with E-state index in [0.29, 0.717) is 22.3 Å². The summed E-state index contributed by atoms with van der Waals surface area (Å²) in [5, 5.41) is 0.441. The fourth-order valence-corrected chi connectivity index (χ4v) is 1.83. The van der Waals surface area contributed by atoms with Crippen LogP contribution in [0.15, 0.2) is 41.0 Å². The largest absolute Gasteiger partial charge is 0.437 e. The van der Waals surface area contributed by atoms with Gasteiger partial charge in [0.15, 0.2) is 0 Å². The van der Waals surface area contributed by atoms with Crippen molar-refractivity contribution in [1.29, 1.82) is 0 Å². The number of rotatable bonds is 2. The van der Waals surface area contributed by atoms with Gasteiger partial charge in [-0.05, 0) is 34.1 Å². The van der Waals surface area contributed by atoms with Crippen molar-refractivity contribution in [2.45, 2.75) is 0 Å². The fourth-order valence-electron chi connectivity index (χ4n) is 1.17. The second kappa shape index (κ2) is 4.72. The zero-order chi connectivity index (χ0) is 11.5. The summed E-state index contributed by atoms with van der Waals surface area (Å²) in [5.41, 5.74) is 6.26. The Hall–Kier alpha value is -1.26. The van der Waals surface area contributed by atoms with Gasteiger partial charge >= 0.3 is 0 Å². The number of anilines is 1. The Kier molecular flexibility index (Phi) is 3.31. The Bertz CT molecular complexity index is 519. The third-order valence-electron chi connectivity index (χ3n) is 1.85. The van der Waals surface area contributed by atoms with Crippen molar-refractivity contribution >= 4 is 33.2 Å². The van der Waals surface area contributed by atoms with Gasteiger partial charge < -0.3 is 10.5 Å². The van der Waals surface area contributed by atoms with Gasteiger partial charge in [0.25, 0.3) is 0 Å². The van der Waals surface area contributed by atoms with Crippen LogP contribution in [-0.2, 0) is 0 Å². The summed E-state index contributed by atoms with van der Waals surface area (Å²) >= 11 is 9.24. The molecule has 0 radical (unpaired) electrons. The number of halogens is 2. The molecule has 0 amide bonds. The molecule has 3 nitrogen and oxygen atoms in total. The summed E-state index contributed by atoms with van der Waals surface area (Å²) < 4.78 is 6.30. The second-order valence-electron chi connectivity index (χ2n) is 3.12. The first-order valence-electron chi connectivity index (χ1n) is 4.49.